The molecule has 160 valence electrons. The first-order valence-corrected chi connectivity index (χ1v) is 13.8. The largest absolute Gasteiger partial charge is 0.465 e. The Hall–Kier alpha value is -0.940. The van der Waals surface area contributed by atoms with E-state index in [0.717, 1.165) is 0 Å². The third-order valence-corrected chi connectivity index (χ3v) is 10.7. The summed E-state index contributed by atoms with van der Waals surface area (Å²) < 4.78 is 4.39. The van der Waals surface area contributed by atoms with Gasteiger partial charge in [-0.3, -0.25) is 4.79 Å². The van der Waals surface area contributed by atoms with E-state index in [2.05, 4.69) is 32.4 Å². The van der Waals surface area contributed by atoms with Crippen LogP contribution in [0.5, 0.6) is 0 Å². The number of carbonyl (C=O) groups excluding carboxylic acids is 2. The second-order valence-electron chi connectivity index (χ2n) is 7.41. The predicted octanol–water partition coefficient (Wildman–Crippen LogP) is 5.82. The first-order valence-electron chi connectivity index (χ1n) is 11.0. The van der Waals surface area contributed by atoms with Crippen molar-refractivity contribution in [1.82, 2.24) is 0 Å². The maximum Gasteiger partial charge on any atom is 0.330 e. The summed E-state index contributed by atoms with van der Waals surface area (Å²) in [5.41, 5.74) is 0. The fourth-order valence-corrected chi connectivity index (χ4v) is 9.24. The van der Waals surface area contributed by atoms with Crippen molar-refractivity contribution < 1.29 is 14.3 Å². The van der Waals surface area contributed by atoms with Crippen molar-refractivity contribution in [3.05, 3.63) is 0 Å². The van der Waals surface area contributed by atoms with Gasteiger partial charge in [-0.25, -0.2) is 0 Å². The monoisotopic (exact) mass is 401 g/mol. The molecule has 0 spiro atoms. The minimum Gasteiger partial charge on any atom is -0.465 e. The molecule has 0 aromatic carbocycles. The van der Waals surface area contributed by atoms with Crippen molar-refractivity contribution in [2.24, 2.45) is 5.92 Å². The zero-order chi connectivity index (χ0) is 21.0. The molecule has 0 aliphatic heterocycles. The zero-order valence-corrected chi connectivity index (χ0v) is 19.5. The Labute approximate surface area is 168 Å². The van der Waals surface area contributed by atoms with Gasteiger partial charge in [-0.05, 0) is 6.92 Å². The van der Waals surface area contributed by atoms with Gasteiger partial charge >= 0.3 is 117 Å². The Kier molecular flexibility index (Phi) is 20.7. The Morgan fingerprint density at radius 3 is 1.48 bits per heavy atom. The van der Waals surface area contributed by atoms with E-state index in [1.807, 2.05) is 0 Å². The molecule has 0 aromatic rings. The number of carbonyl (C=O) groups is 2. The summed E-state index contributed by atoms with van der Waals surface area (Å²) in [7, 11) is -0.879. The number of aldehydes is 1. The summed E-state index contributed by atoms with van der Waals surface area (Å²) in [6, 6.07) is 1.49. The van der Waals surface area contributed by atoms with Crippen LogP contribution in [0, 0.1) is 17.2 Å². The van der Waals surface area contributed by atoms with Gasteiger partial charge in [0, 0.05) is 0 Å². The van der Waals surface area contributed by atoms with Crippen molar-refractivity contribution in [3.63, 3.8) is 0 Å². The molecule has 4 nitrogen and oxygen atoms in total. The van der Waals surface area contributed by atoms with Gasteiger partial charge in [0.15, 0.2) is 5.92 Å². The van der Waals surface area contributed by atoms with Gasteiger partial charge in [0.2, 0.25) is 0 Å². The number of nitrogens with zero attached hydrogens (tertiary/aromatic N) is 1. The topological polar surface area (TPSA) is 67.2 Å². The number of ether oxygens (including phenoxy) is 1. The molecule has 0 rings (SSSR count). The Morgan fingerprint density at radius 1 is 0.889 bits per heavy atom. The van der Waals surface area contributed by atoms with Gasteiger partial charge in [0.25, 0.3) is 0 Å². The van der Waals surface area contributed by atoms with Gasteiger partial charge in [-0.15, -0.1) is 0 Å². The first-order chi connectivity index (χ1) is 13.0. The Balaban J connectivity index is 0. The van der Waals surface area contributed by atoms with Crippen LogP contribution in [0.4, 0.5) is 0 Å². The molecular formula is C22H44NO3P. The molecule has 5 heteroatoms. The van der Waals surface area contributed by atoms with Gasteiger partial charge in [0.1, 0.15) is 6.29 Å². The standard InChI is InChI=1S/C16H37P.C6H7NO3/c1-5-9-13-17(14-10-6-2,15-11-7-3)16-12-8-4;1-2-10-6(9)5(3-7)4-8/h17H,5-16H2,1-4H3;4-5H,2H2,1H3. The molecule has 0 heterocycles. The second-order valence-corrected chi connectivity index (χ2v) is 12.4. The SMILES string of the molecule is CCCC[PH](CCCC)(CCCC)CCCC.CCOC(=O)C(C#N)C=O. The zero-order valence-electron chi connectivity index (χ0n) is 18.5. The maximum absolute atomic E-state index is 10.5. The van der Waals surface area contributed by atoms with E-state index in [0.29, 0.717) is 0 Å². The van der Waals surface area contributed by atoms with E-state index in [1.54, 1.807) is 31.6 Å². The third kappa shape index (κ3) is 14.7. The smallest absolute Gasteiger partial charge is 0.330 e. The molecule has 0 fully saturated rings. The first kappa shape index (κ1) is 28.3. The van der Waals surface area contributed by atoms with Crippen LogP contribution in [0.3, 0.4) is 0 Å². The number of hydrogen-bond donors (Lipinski definition) is 0. The Bertz CT molecular complexity index is 369. The van der Waals surface area contributed by atoms with Gasteiger partial charge in [-0.2, -0.15) is 5.26 Å². The van der Waals surface area contributed by atoms with Crippen LogP contribution in [0.2, 0.25) is 0 Å². The number of rotatable bonds is 15. The third-order valence-electron chi connectivity index (χ3n) is 5.06. The second kappa shape index (κ2) is 19.8. The maximum atomic E-state index is 10.5. The van der Waals surface area contributed by atoms with Crippen LogP contribution in [0.15, 0.2) is 0 Å². The average Bonchev–Trinajstić information content (AvgIpc) is 2.68. The molecule has 0 amide bonds. The quantitative estimate of drug-likeness (QED) is 0.150. The molecule has 0 radical (unpaired) electrons. The van der Waals surface area contributed by atoms with Crippen LogP contribution < -0.4 is 0 Å². The molecule has 0 aliphatic rings. The number of esters is 1. The molecule has 1 atom stereocenters. The van der Waals surface area contributed by atoms with Crippen molar-refractivity contribution in [1.29, 1.82) is 5.26 Å². The van der Waals surface area contributed by atoms with Crippen molar-refractivity contribution in [3.8, 4) is 6.07 Å². The fourth-order valence-electron chi connectivity index (χ4n) is 3.33. The van der Waals surface area contributed by atoms with E-state index in [4.69, 9.17) is 5.26 Å². The van der Waals surface area contributed by atoms with Crippen LogP contribution in [0.25, 0.3) is 0 Å². The summed E-state index contributed by atoms with van der Waals surface area (Å²) in [4.78, 5) is 20.5. The van der Waals surface area contributed by atoms with Crippen LogP contribution >= 0.6 is 7.26 Å². The van der Waals surface area contributed by atoms with Crippen LogP contribution in [-0.4, -0.2) is 43.5 Å². The molecule has 0 saturated carbocycles. The Morgan fingerprint density at radius 2 is 1.26 bits per heavy atom. The van der Waals surface area contributed by atoms with E-state index >= 15 is 0 Å². The van der Waals surface area contributed by atoms with E-state index in [1.165, 1.54) is 57.4 Å². The fraction of sp³-hybridized carbons (Fsp3) is 0.864. The predicted molar refractivity (Wildman–Crippen MR) is 119 cm³/mol. The molecule has 27 heavy (non-hydrogen) atoms. The molecule has 0 aliphatic carbocycles. The van der Waals surface area contributed by atoms with Crippen molar-refractivity contribution in [2.45, 2.75) is 86.0 Å². The molecule has 0 N–H and O–H groups in total. The average molecular weight is 402 g/mol. The summed E-state index contributed by atoms with van der Waals surface area (Å²) in [6.45, 7) is 11.2. The van der Waals surface area contributed by atoms with Crippen LogP contribution in [-0.2, 0) is 14.3 Å². The van der Waals surface area contributed by atoms with Gasteiger partial charge < -0.3 is 9.53 Å². The molecular weight excluding hydrogens is 357 g/mol. The van der Waals surface area contributed by atoms with Crippen molar-refractivity contribution in [2.75, 3.05) is 31.3 Å². The molecule has 1 unspecified atom stereocenters. The number of hydrogen-bond acceptors (Lipinski definition) is 4. The minimum absolute atomic E-state index is 0.185. The van der Waals surface area contributed by atoms with Gasteiger partial charge in [0.05, 0.1) is 12.7 Å². The van der Waals surface area contributed by atoms with E-state index < -0.39 is 19.1 Å². The molecule has 0 aromatic heterocycles. The van der Waals surface area contributed by atoms with Crippen LogP contribution in [0.1, 0.15) is 86.0 Å². The van der Waals surface area contributed by atoms with E-state index in [-0.39, 0.29) is 12.9 Å². The summed E-state index contributed by atoms with van der Waals surface area (Å²) >= 11 is 0. The summed E-state index contributed by atoms with van der Waals surface area (Å²) in [6.07, 6.45) is 18.4. The van der Waals surface area contributed by atoms with E-state index in [9.17, 15) is 9.59 Å². The summed E-state index contributed by atoms with van der Waals surface area (Å²) in [5.74, 6) is -2.04. The summed E-state index contributed by atoms with van der Waals surface area (Å²) in [5, 5.41) is 8.14. The molecule has 0 bridgehead atoms. The number of unbranched alkanes of at least 4 members (excludes halogenated alkanes) is 4. The van der Waals surface area contributed by atoms with Gasteiger partial charge in [-0.1, -0.05) is 0 Å². The molecule has 0 saturated heterocycles. The number of nitriles is 1. The minimum atomic E-state index is -1.26. The normalized spacial score (nSPS) is 12.3. The van der Waals surface area contributed by atoms with Crippen molar-refractivity contribution >= 4 is 19.5 Å².